The lowest BCUT2D eigenvalue weighted by molar-refractivity contribution is -0.131. The van der Waals surface area contributed by atoms with Crippen LogP contribution >= 0.6 is 0 Å². The highest BCUT2D eigenvalue weighted by Gasteiger charge is 2.56. The maximum atomic E-state index is 12.8. The van der Waals surface area contributed by atoms with Crippen molar-refractivity contribution in [3.05, 3.63) is 42.0 Å². The zero-order valence-corrected chi connectivity index (χ0v) is 15.1. The zero-order chi connectivity index (χ0) is 19.0. The minimum absolute atomic E-state index is 0.164. The van der Waals surface area contributed by atoms with E-state index < -0.39 is 5.41 Å². The largest absolute Gasteiger partial charge is 0.495 e. The number of benzene rings is 2. The van der Waals surface area contributed by atoms with Crippen molar-refractivity contribution in [1.29, 1.82) is 0 Å². The summed E-state index contributed by atoms with van der Waals surface area (Å²) in [6.45, 7) is 2.09. The van der Waals surface area contributed by atoms with Gasteiger partial charge in [-0.05, 0) is 49.6 Å². The maximum Gasteiger partial charge on any atom is 0.240 e. The number of anilines is 2. The second kappa shape index (κ2) is 6.50. The van der Waals surface area contributed by atoms with Crippen molar-refractivity contribution in [1.82, 2.24) is 0 Å². The number of hydrogen-bond donors (Lipinski definition) is 2. The fourth-order valence-electron chi connectivity index (χ4n) is 3.07. The summed E-state index contributed by atoms with van der Waals surface area (Å²) < 4.78 is 15.9. The van der Waals surface area contributed by atoms with Crippen LogP contribution in [0.15, 0.2) is 36.4 Å². The Morgan fingerprint density at radius 2 is 1.74 bits per heavy atom. The normalized spacial score (nSPS) is 15.8. The summed E-state index contributed by atoms with van der Waals surface area (Å²) >= 11 is 0. The Hall–Kier alpha value is -3.22. The number of nitrogens with one attached hydrogen (secondary N) is 2. The summed E-state index contributed by atoms with van der Waals surface area (Å²) in [4.78, 5) is 25.6. The van der Waals surface area contributed by atoms with Crippen LogP contribution in [0, 0.1) is 12.3 Å². The minimum Gasteiger partial charge on any atom is -0.495 e. The summed E-state index contributed by atoms with van der Waals surface area (Å²) in [5.74, 6) is 1.11. The van der Waals surface area contributed by atoms with E-state index >= 15 is 0 Å². The summed E-state index contributed by atoms with van der Waals surface area (Å²) in [5.41, 5.74) is 1.05. The molecule has 0 aromatic heterocycles. The molecule has 7 nitrogen and oxygen atoms in total. The lowest BCUT2D eigenvalue weighted by Crippen LogP contribution is -2.35. The molecule has 0 radical (unpaired) electrons. The molecule has 2 amide bonds. The van der Waals surface area contributed by atoms with Crippen LogP contribution < -0.4 is 24.8 Å². The van der Waals surface area contributed by atoms with E-state index in [9.17, 15) is 9.59 Å². The van der Waals surface area contributed by atoms with Gasteiger partial charge in [0.25, 0.3) is 0 Å². The lowest BCUT2D eigenvalue weighted by atomic mass is 10.0. The van der Waals surface area contributed by atoms with E-state index in [1.54, 1.807) is 31.4 Å². The van der Waals surface area contributed by atoms with E-state index in [0.29, 0.717) is 41.5 Å². The topological polar surface area (TPSA) is 85.9 Å². The van der Waals surface area contributed by atoms with Crippen LogP contribution in [0.25, 0.3) is 0 Å². The molecule has 0 unspecified atom stereocenters. The number of hydrogen-bond acceptors (Lipinski definition) is 5. The van der Waals surface area contributed by atoms with Gasteiger partial charge in [-0.3, -0.25) is 9.59 Å². The molecule has 4 rings (SSSR count). The first kappa shape index (κ1) is 17.2. The van der Waals surface area contributed by atoms with Gasteiger partial charge in [0.05, 0.1) is 12.8 Å². The van der Waals surface area contributed by atoms with Crippen LogP contribution in [-0.4, -0.2) is 25.7 Å². The van der Waals surface area contributed by atoms with E-state index in [1.165, 1.54) is 0 Å². The second-order valence-electron chi connectivity index (χ2n) is 6.76. The fraction of sp³-hybridized carbons (Fsp3) is 0.300. The number of carbonyl (C=O) groups excluding carboxylic acids is 2. The van der Waals surface area contributed by atoms with Gasteiger partial charge in [0.15, 0.2) is 11.5 Å². The minimum atomic E-state index is -1.06. The molecule has 1 fully saturated rings. The molecule has 0 bridgehead atoms. The quantitative estimate of drug-likeness (QED) is 0.792. The van der Waals surface area contributed by atoms with Gasteiger partial charge in [0.1, 0.15) is 11.2 Å². The van der Waals surface area contributed by atoms with E-state index in [4.69, 9.17) is 14.2 Å². The first-order valence-electron chi connectivity index (χ1n) is 8.69. The van der Waals surface area contributed by atoms with Gasteiger partial charge in [0, 0.05) is 11.8 Å². The third kappa shape index (κ3) is 3.16. The van der Waals surface area contributed by atoms with Gasteiger partial charge in [-0.25, -0.2) is 0 Å². The van der Waals surface area contributed by atoms with Crippen molar-refractivity contribution in [2.24, 2.45) is 5.41 Å². The SMILES string of the molecule is COc1ccc(C)cc1NC(=O)C1(C(=O)Nc2ccc3c(c2)OCO3)CC1. The maximum absolute atomic E-state index is 12.8. The van der Waals surface area contributed by atoms with Crippen LogP contribution in [-0.2, 0) is 9.59 Å². The number of amides is 2. The number of fused-ring (bicyclic) bond motifs is 1. The van der Waals surface area contributed by atoms with Crippen molar-refractivity contribution in [2.45, 2.75) is 19.8 Å². The fourth-order valence-corrected chi connectivity index (χ4v) is 3.07. The van der Waals surface area contributed by atoms with E-state index in [2.05, 4.69) is 10.6 Å². The number of rotatable bonds is 5. The van der Waals surface area contributed by atoms with Crippen molar-refractivity contribution in [3.8, 4) is 17.2 Å². The molecule has 0 saturated heterocycles. The van der Waals surface area contributed by atoms with Crippen LogP contribution in [0.4, 0.5) is 11.4 Å². The Bertz CT molecular complexity index is 921. The lowest BCUT2D eigenvalue weighted by Gasteiger charge is -2.17. The molecule has 2 aliphatic rings. The molecule has 2 N–H and O–H groups in total. The van der Waals surface area contributed by atoms with Gasteiger partial charge in [0.2, 0.25) is 18.6 Å². The molecular formula is C20H20N2O5. The summed E-state index contributed by atoms with van der Waals surface area (Å²) in [6, 6.07) is 10.7. The molecule has 7 heteroatoms. The van der Waals surface area contributed by atoms with Gasteiger partial charge in [-0.1, -0.05) is 6.07 Å². The Balaban J connectivity index is 1.49. The Morgan fingerprint density at radius 1 is 1.00 bits per heavy atom. The predicted octanol–water partition coefficient (Wildman–Crippen LogP) is 3.09. The third-order valence-electron chi connectivity index (χ3n) is 4.85. The van der Waals surface area contributed by atoms with Gasteiger partial charge in [-0.15, -0.1) is 0 Å². The first-order chi connectivity index (χ1) is 13.0. The molecule has 2 aromatic rings. The summed E-state index contributed by atoms with van der Waals surface area (Å²) in [6.07, 6.45) is 1.01. The monoisotopic (exact) mass is 368 g/mol. The molecule has 140 valence electrons. The molecule has 0 spiro atoms. The Kier molecular flexibility index (Phi) is 4.14. The molecule has 1 heterocycles. The standard InChI is InChI=1S/C20H20N2O5/c1-12-3-5-15(25-2)14(9-12)22-19(24)20(7-8-20)18(23)21-13-4-6-16-17(10-13)27-11-26-16/h3-6,9-10H,7-8,11H2,1-2H3,(H,21,23)(H,22,24). The smallest absolute Gasteiger partial charge is 0.240 e. The highest BCUT2D eigenvalue weighted by atomic mass is 16.7. The molecular weight excluding hydrogens is 348 g/mol. The zero-order valence-electron chi connectivity index (χ0n) is 15.1. The van der Waals surface area contributed by atoms with Crippen LogP contribution in [0.1, 0.15) is 18.4 Å². The second-order valence-corrected chi connectivity index (χ2v) is 6.76. The number of methoxy groups -OCH3 is 1. The number of carbonyl (C=O) groups is 2. The van der Waals surface area contributed by atoms with Crippen molar-refractivity contribution >= 4 is 23.2 Å². The van der Waals surface area contributed by atoms with Crippen molar-refractivity contribution in [2.75, 3.05) is 24.5 Å². The van der Waals surface area contributed by atoms with Crippen LogP contribution in [0.3, 0.4) is 0 Å². The highest BCUT2D eigenvalue weighted by Crippen LogP contribution is 2.48. The molecule has 1 saturated carbocycles. The molecule has 1 aliphatic carbocycles. The van der Waals surface area contributed by atoms with E-state index in [0.717, 1.165) is 5.56 Å². The Labute approximate surface area is 156 Å². The first-order valence-corrected chi connectivity index (χ1v) is 8.69. The third-order valence-corrected chi connectivity index (χ3v) is 4.85. The average molecular weight is 368 g/mol. The summed E-state index contributed by atoms with van der Waals surface area (Å²) in [7, 11) is 1.54. The molecule has 27 heavy (non-hydrogen) atoms. The van der Waals surface area contributed by atoms with Crippen LogP contribution in [0.2, 0.25) is 0 Å². The summed E-state index contributed by atoms with van der Waals surface area (Å²) in [5, 5.41) is 5.66. The van der Waals surface area contributed by atoms with Gasteiger partial charge >= 0.3 is 0 Å². The van der Waals surface area contributed by atoms with Crippen molar-refractivity contribution < 1.29 is 23.8 Å². The average Bonchev–Trinajstić information content (AvgIpc) is 3.34. The molecule has 1 aliphatic heterocycles. The number of aryl methyl sites for hydroxylation is 1. The van der Waals surface area contributed by atoms with Gasteiger partial charge < -0.3 is 24.8 Å². The highest BCUT2D eigenvalue weighted by molar-refractivity contribution is 6.17. The van der Waals surface area contributed by atoms with Gasteiger partial charge in [-0.2, -0.15) is 0 Å². The van der Waals surface area contributed by atoms with E-state index in [1.807, 2.05) is 19.1 Å². The molecule has 0 atom stereocenters. The predicted molar refractivity (Wildman–Crippen MR) is 99.2 cm³/mol. The van der Waals surface area contributed by atoms with E-state index in [-0.39, 0.29) is 18.6 Å². The van der Waals surface area contributed by atoms with Crippen molar-refractivity contribution in [3.63, 3.8) is 0 Å². The number of ether oxygens (including phenoxy) is 3. The Morgan fingerprint density at radius 3 is 2.48 bits per heavy atom. The van der Waals surface area contributed by atoms with Crippen LogP contribution in [0.5, 0.6) is 17.2 Å². The molecule has 2 aromatic carbocycles.